The summed E-state index contributed by atoms with van der Waals surface area (Å²) in [6.45, 7) is 5.05. The average Bonchev–Trinajstić information content (AvgIpc) is 3.55. The number of benzene rings is 3. The minimum absolute atomic E-state index is 0.0161. The topological polar surface area (TPSA) is 167 Å². The predicted octanol–water partition coefficient (Wildman–Crippen LogP) is 5.24. The van der Waals surface area contributed by atoms with Gasteiger partial charge < -0.3 is 30.2 Å². The van der Waals surface area contributed by atoms with Gasteiger partial charge in [0.2, 0.25) is 5.91 Å². The summed E-state index contributed by atoms with van der Waals surface area (Å²) < 4.78 is 58.9. The second kappa shape index (κ2) is 14.7. The number of ether oxygens (including phenoxy) is 3. The van der Waals surface area contributed by atoms with Crippen molar-refractivity contribution in [2.24, 2.45) is 5.92 Å². The molecule has 1 amide bonds. The molecule has 2 heterocycles. The highest BCUT2D eigenvalue weighted by atomic mass is 32.2. The van der Waals surface area contributed by atoms with E-state index in [9.17, 15) is 22.8 Å². The zero-order valence-electron chi connectivity index (χ0n) is 28.3. The molecular weight excluding hydrogens is 667 g/mol. The lowest BCUT2D eigenvalue weighted by Gasteiger charge is -2.33. The zero-order chi connectivity index (χ0) is 36.3. The third-order valence-electron chi connectivity index (χ3n) is 8.80. The number of rotatable bonds is 11. The molecule has 0 saturated carbocycles. The van der Waals surface area contributed by atoms with Crippen molar-refractivity contribution in [1.29, 1.82) is 0 Å². The number of halogens is 1. The number of aromatic nitrogens is 1. The fourth-order valence-corrected chi connectivity index (χ4v) is 7.53. The first kappa shape index (κ1) is 36.1. The van der Waals surface area contributed by atoms with Crippen LogP contribution in [0, 0.1) is 11.7 Å². The fraction of sp³-hybridized carbons (Fsp3) is 0.333. The Hall–Kier alpha value is -5.24. The third-order valence-corrected chi connectivity index (χ3v) is 11.0. The number of nitrogen functional groups attached to an aromatic ring is 1. The Kier molecular flexibility index (Phi) is 10.6. The molecule has 12 nitrogen and oxygen atoms in total. The number of amides is 1. The van der Waals surface area contributed by atoms with Gasteiger partial charge in [0.1, 0.15) is 23.4 Å². The molecule has 3 atom stereocenters. The molecule has 0 bridgehead atoms. The molecule has 0 aliphatic carbocycles. The van der Waals surface area contributed by atoms with E-state index in [1.807, 2.05) is 0 Å². The van der Waals surface area contributed by atoms with Crippen molar-refractivity contribution in [2.75, 3.05) is 38.4 Å². The summed E-state index contributed by atoms with van der Waals surface area (Å²) in [6, 6.07) is 12.3. The van der Waals surface area contributed by atoms with Crippen LogP contribution < -0.4 is 15.8 Å². The summed E-state index contributed by atoms with van der Waals surface area (Å²) in [4.78, 5) is 46.2. The number of fused-ring (bicyclic) bond motifs is 1. The Morgan fingerprint density at radius 1 is 1.04 bits per heavy atom. The van der Waals surface area contributed by atoms with Gasteiger partial charge in [0.15, 0.2) is 9.84 Å². The van der Waals surface area contributed by atoms with E-state index in [2.05, 4.69) is 10.3 Å². The Morgan fingerprint density at radius 2 is 1.80 bits per heavy atom. The Balaban J connectivity index is 1.70. The van der Waals surface area contributed by atoms with Crippen LogP contribution in [0.2, 0.25) is 0 Å². The van der Waals surface area contributed by atoms with Gasteiger partial charge in [-0.15, -0.1) is 0 Å². The molecule has 3 N–H and O–H groups in total. The summed E-state index contributed by atoms with van der Waals surface area (Å²) in [5.41, 5.74) is 6.50. The lowest BCUT2D eigenvalue weighted by atomic mass is 9.92. The summed E-state index contributed by atoms with van der Waals surface area (Å²) in [6.07, 6.45) is 1.64. The minimum Gasteiger partial charge on any atom is -0.494 e. The maximum Gasteiger partial charge on any atom is 0.337 e. The van der Waals surface area contributed by atoms with E-state index < -0.39 is 56.8 Å². The molecule has 4 aromatic rings. The van der Waals surface area contributed by atoms with Gasteiger partial charge in [-0.25, -0.2) is 22.6 Å². The van der Waals surface area contributed by atoms with Gasteiger partial charge in [-0.05, 0) is 98.8 Å². The smallest absolute Gasteiger partial charge is 0.337 e. The van der Waals surface area contributed by atoms with Crippen LogP contribution in [0.15, 0.2) is 71.8 Å². The second-order valence-electron chi connectivity index (χ2n) is 12.1. The van der Waals surface area contributed by atoms with Crippen molar-refractivity contribution in [1.82, 2.24) is 9.88 Å². The number of hydrogen-bond acceptors (Lipinski definition) is 11. The summed E-state index contributed by atoms with van der Waals surface area (Å²) in [5.74, 6) is -3.18. The molecule has 1 saturated heterocycles. The highest BCUT2D eigenvalue weighted by Crippen LogP contribution is 2.44. The molecule has 5 rings (SSSR count). The first-order chi connectivity index (χ1) is 23.8. The molecule has 264 valence electrons. The zero-order valence-corrected chi connectivity index (χ0v) is 29.1. The molecule has 0 unspecified atom stereocenters. The quantitative estimate of drug-likeness (QED) is 0.196. The Morgan fingerprint density at radius 3 is 2.48 bits per heavy atom. The fourth-order valence-electron chi connectivity index (χ4n) is 6.26. The van der Waals surface area contributed by atoms with Crippen LogP contribution in [0.4, 0.5) is 15.9 Å². The lowest BCUT2D eigenvalue weighted by Crippen LogP contribution is -2.40. The van der Waals surface area contributed by atoms with E-state index in [4.69, 9.17) is 19.9 Å². The van der Waals surface area contributed by atoms with Crippen LogP contribution in [-0.2, 0) is 28.9 Å². The van der Waals surface area contributed by atoms with Crippen molar-refractivity contribution in [3.63, 3.8) is 0 Å². The molecule has 1 fully saturated rings. The number of nitrogens with one attached hydrogen (secondary N) is 1. The van der Waals surface area contributed by atoms with Gasteiger partial charge in [0.05, 0.1) is 48.5 Å². The van der Waals surface area contributed by atoms with Crippen LogP contribution in [0.1, 0.15) is 60.8 Å². The molecule has 50 heavy (non-hydrogen) atoms. The van der Waals surface area contributed by atoms with Gasteiger partial charge >= 0.3 is 11.9 Å². The van der Waals surface area contributed by atoms with Crippen LogP contribution in [0.5, 0.6) is 5.75 Å². The van der Waals surface area contributed by atoms with Gasteiger partial charge in [-0.1, -0.05) is 0 Å². The Bertz CT molecular complexity index is 2060. The van der Waals surface area contributed by atoms with Gasteiger partial charge in [-0.2, -0.15) is 0 Å². The van der Waals surface area contributed by atoms with Gasteiger partial charge in [0, 0.05) is 29.4 Å². The first-order valence-electron chi connectivity index (χ1n) is 16.0. The van der Waals surface area contributed by atoms with Crippen LogP contribution in [-0.4, -0.2) is 68.8 Å². The standard InChI is InChI=1S/C36H39FN4O8S/c1-6-49-24-9-11-29(37)27(19-24)31(40-23-8-10-25-21(17-23)13-15-39-33(25)38)34(42)41-16-14-26(36(44)48-5)32(41)28-18-22(35(43)47-4)7-12-30(28)50(45,46)20(2)3/h7-13,15,17-20,26,31-32,40H,6,14,16H2,1-5H3,(H2,38,39)/t26-,31+,32+/m1/s1. The summed E-state index contributed by atoms with van der Waals surface area (Å²) in [5, 5.41) is 3.68. The van der Waals surface area contributed by atoms with Crippen LogP contribution in [0.3, 0.4) is 0 Å². The van der Waals surface area contributed by atoms with E-state index in [-0.39, 0.29) is 41.2 Å². The van der Waals surface area contributed by atoms with Crippen LogP contribution in [0.25, 0.3) is 10.8 Å². The van der Waals surface area contributed by atoms with Crippen molar-refractivity contribution in [2.45, 2.75) is 49.4 Å². The van der Waals surface area contributed by atoms with E-state index in [0.29, 0.717) is 28.0 Å². The van der Waals surface area contributed by atoms with Crippen molar-refractivity contribution < 1.29 is 41.4 Å². The molecule has 0 spiro atoms. The van der Waals surface area contributed by atoms with Gasteiger partial charge in [0.25, 0.3) is 0 Å². The van der Waals surface area contributed by atoms with E-state index in [0.717, 1.165) is 0 Å². The van der Waals surface area contributed by atoms with Crippen molar-refractivity contribution in [3.8, 4) is 5.75 Å². The van der Waals surface area contributed by atoms with Crippen molar-refractivity contribution >= 4 is 50.0 Å². The van der Waals surface area contributed by atoms with E-state index in [1.165, 1.54) is 69.4 Å². The maximum absolute atomic E-state index is 15.8. The van der Waals surface area contributed by atoms with E-state index in [1.54, 1.807) is 37.4 Å². The largest absolute Gasteiger partial charge is 0.494 e. The molecule has 3 aromatic carbocycles. The SMILES string of the molecule is CCOc1ccc(F)c([C@H](Nc2ccc3c(N)nccc3c2)C(=O)N2CC[C@@H](C(=O)OC)[C@H]2c2cc(C(=O)OC)ccc2S(=O)(=O)C(C)C)c1. The molecule has 1 aromatic heterocycles. The number of pyridine rings is 1. The number of esters is 2. The number of methoxy groups -OCH3 is 2. The average molecular weight is 707 g/mol. The minimum atomic E-state index is -4.01. The first-order valence-corrected chi connectivity index (χ1v) is 17.5. The second-order valence-corrected chi connectivity index (χ2v) is 14.5. The number of hydrogen-bond donors (Lipinski definition) is 2. The molecule has 1 aliphatic heterocycles. The number of likely N-dealkylation sites (tertiary alicyclic amines) is 1. The normalized spacial score (nSPS) is 16.7. The maximum atomic E-state index is 15.8. The summed E-state index contributed by atoms with van der Waals surface area (Å²) >= 11 is 0. The highest BCUT2D eigenvalue weighted by molar-refractivity contribution is 7.92. The van der Waals surface area contributed by atoms with Crippen molar-refractivity contribution in [3.05, 3.63) is 89.4 Å². The summed E-state index contributed by atoms with van der Waals surface area (Å²) in [7, 11) is -1.63. The number of sulfone groups is 1. The molecular formula is C36H39FN4O8S. The highest BCUT2D eigenvalue weighted by Gasteiger charge is 2.47. The van der Waals surface area contributed by atoms with Gasteiger partial charge in [-0.3, -0.25) is 9.59 Å². The van der Waals surface area contributed by atoms with E-state index >= 15 is 4.39 Å². The molecule has 1 aliphatic rings. The number of carbonyl (C=O) groups excluding carboxylic acids is 3. The van der Waals surface area contributed by atoms with Crippen LogP contribution >= 0.6 is 0 Å². The number of nitrogens with zero attached hydrogens (tertiary/aromatic N) is 2. The third kappa shape index (κ3) is 6.93. The lowest BCUT2D eigenvalue weighted by molar-refractivity contribution is -0.147. The molecule has 0 radical (unpaired) electrons. The number of nitrogens with two attached hydrogens (primary N) is 1. The Labute approximate surface area is 289 Å². The number of anilines is 2. The predicted molar refractivity (Wildman–Crippen MR) is 185 cm³/mol. The molecule has 14 heteroatoms. The number of carbonyl (C=O) groups is 3. The monoisotopic (exact) mass is 706 g/mol.